The Morgan fingerprint density at radius 1 is 0.800 bits per heavy atom. The van der Waals surface area contributed by atoms with Crippen LogP contribution in [0.1, 0.15) is 25.3 Å². The number of nitrogens with two attached hydrogens (primary N) is 2. The van der Waals surface area contributed by atoms with Gasteiger partial charge in [-0.25, -0.2) is 57.9 Å². The van der Waals surface area contributed by atoms with E-state index >= 15 is 0 Å². The first-order chi connectivity index (χ1) is 28.4. The number of carbonyl (C=O) groups is 2. The number of ether oxygens (including phenoxy) is 2. The molecule has 0 radical (unpaired) electrons. The van der Waals surface area contributed by atoms with Crippen LogP contribution in [-0.4, -0.2) is 146 Å². The van der Waals surface area contributed by atoms with Crippen molar-refractivity contribution < 1.29 is 92.2 Å². The first kappa shape index (κ1) is 48.8. The molecule has 60 heavy (non-hydrogen) atoms. The first-order valence-corrected chi connectivity index (χ1v) is 27.5. The minimum atomic E-state index is -4.58. The summed E-state index contributed by atoms with van der Waals surface area (Å²) in [6.07, 6.45) is 4.91. The summed E-state index contributed by atoms with van der Waals surface area (Å²) in [5.74, 6) is -2.17. The Morgan fingerprint density at radius 2 is 1.27 bits per heavy atom. The van der Waals surface area contributed by atoms with Gasteiger partial charge in [0.05, 0.1) is 38.1 Å². The van der Waals surface area contributed by atoms with Crippen LogP contribution in [0.2, 0.25) is 0 Å². The van der Waals surface area contributed by atoms with E-state index < -0.39 is 99.3 Å². The van der Waals surface area contributed by atoms with Gasteiger partial charge in [-0.15, -0.1) is 0 Å². The van der Waals surface area contributed by atoms with Crippen molar-refractivity contribution in [3.8, 4) is 0 Å². The fourth-order valence-electron chi connectivity index (χ4n) is 5.21. The molecule has 7 rings (SSSR count). The molecule has 5 aromatic heterocycles. The molecule has 2 unspecified atom stereocenters. The zero-order valence-corrected chi connectivity index (χ0v) is 36.8. The number of imidazole rings is 3. The van der Waals surface area contributed by atoms with Gasteiger partial charge < -0.3 is 56.3 Å². The van der Waals surface area contributed by atoms with Gasteiger partial charge in [0.2, 0.25) is 0 Å². The Hall–Kier alpha value is -3.89. The molecule has 0 aromatic carbocycles. The van der Waals surface area contributed by atoms with Crippen molar-refractivity contribution in [1.29, 1.82) is 0 Å². The fourth-order valence-corrected chi connectivity index (χ4v) is 6.79. The summed E-state index contributed by atoms with van der Waals surface area (Å²) in [6, 6.07) is 0. The average molecular weight is 983 g/mol. The van der Waals surface area contributed by atoms with E-state index in [2.05, 4.69) is 43.9 Å². The summed E-state index contributed by atoms with van der Waals surface area (Å²) in [5.41, 5.74) is 13.2. The van der Waals surface area contributed by atoms with Gasteiger partial charge in [0.15, 0.2) is 29.5 Å². The number of fused-ring (bicyclic) bond motifs is 2. The van der Waals surface area contributed by atoms with Gasteiger partial charge in [-0.1, -0.05) is 0 Å². The van der Waals surface area contributed by atoms with Crippen LogP contribution in [0.15, 0.2) is 44.0 Å². The van der Waals surface area contributed by atoms with Crippen molar-refractivity contribution >= 4 is 80.9 Å². The summed E-state index contributed by atoms with van der Waals surface area (Å²) in [6.45, 7) is -2.52. The van der Waals surface area contributed by atoms with E-state index in [9.17, 15) is 33.9 Å². The molecular formula is C27H36Cl2N12O16P2Zn. The number of anilines is 2. The van der Waals surface area contributed by atoms with Crippen molar-refractivity contribution in [3.63, 3.8) is 0 Å². The van der Waals surface area contributed by atoms with Crippen LogP contribution in [0, 0.1) is 0 Å². The first-order valence-electron chi connectivity index (χ1n) is 16.7. The van der Waals surface area contributed by atoms with Crippen LogP contribution in [0.25, 0.3) is 22.3 Å². The van der Waals surface area contributed by atoms with Gasteiger partial charge >= 0.3 is 62.0 Å². The molecule has 5 aromatic rings. The van der Waals surface area contributed by atoms with E-state index in [0.29, 0.717) is 22.3 Å². The molecule has 8 atom stereocenters. The number of aromatic nitrogens is 10. The van der Waals surface area contributed by atoms with Gasteiger partial charge in [0.1, 0.15) is 61.3 Å². The van der Waals surface area contributed by atoms with E-state index in [-0.39, 0.29) is 31.1 Å². The van der Waals surface area contributed by atoms with Crippen LogP contribution < -0.4 is 11.5 Å². The topological polar surface area (TPSA) is 413 Å². The number of carboxylic acids is 2. The van der Waals surface area contributed by atoms with Gasteiger partial charge in [0, 0.05) is 25.2 Å². The summed E-state index contributed by atoms with van der Waals surface area (Å²) in [5, 5.41) is 43.8. The van der Waals surface area contributed by atoms with Gasteiger partial charge in [-0.2, -0.15) is 0 Å². The van der Waals surface area contributed by atoms with Gasteiger partial charge in [-0.05, 0) is 0 Å². The molecule has 2 aliphatic heterocycles. The van der Waals surface area contributed by atoms with E-state index in [4.69, 9.17) is 65.0 Å². The van der Waals surface area contributed by atoms with Crippen molar-refractivity contribution in [2.45, 2.75) is 49.7 Å². The summed E-state index contributed by atoms with van der Waals surface area (Å²) in [7, 11) is 1.23. The second-order valence-corrected chi connectivity index (χ2v) is 19.6. The predicted octanol–water partition coefficient (Wildman–Crippen LogP) is -0.366. The number of hydrogen-bond acceptors (Lipinski definition) is 21. The molecule has 0 amide bonds. The van der Waals surface area contributed by atoms with E-state index in [0.717, 1.165) is 4.34 Å². The third-order valence-corrected chi connectivity index (χ3v) is 10.1. The minimum absolute atomic E-state index is 0.148. The molecule has 7 heterocycles. The third-order valence-electron chi connectivity index (χ3n) is 7.88. The normalized spacial score (nSPS) is 22.9. The number of nitrogen functional groups attached to an aromatic ring is 2. The molecule has 28 nitrogen and oxygen atoms in total. The Balaban J connectivity index is 0.000000225. The number of aliphatic hydroxyl groups is 3. The van der Waals surface area contributed by atoms with Crippen molar-refractivity contribution in [1.82, 2.24) is 48.4 Å². The molecule has 0 aliphatic carbocycles. The molecule has 11 N–H and O–H groups in total. The number of carboxylic acid groups (broad SMARTS) is 2. The number of hydrogen-bond donors (Lipinski definition) is 9. The quantitative estimate of drug-likeness (QED) is 0.0537. The van der Waals surface area contributed by atoms with E-state index in [1.165, 1.54) is 44.0 Å². The Labute approximate surface area is 351 Å². The van der Waals surface area contributed by atoms with Crippen LogP contribution in [0.5, 0.6) is 0 Å². The van der Waals surface area contributed by atoms with E-state index in [1.54, 1.807) is 9.13 Å². The monoisotopic (exact) mass is 980 g/mol. The zero-order chi connectivity index (χ0) is 44.2. The SMILES string of the molecule is Nc1ncnc2c1ncn2[C@H]1C[C@H](O)[C@@H](COP(=O)(O)OCC(=O)O)O1.Nc1ncnc2c1ncn2[C@H]1C[C@H](O)[C@@H](COP(=O)(O)n2ccnc2)O1.O=C(O)CO.[Cl][Zn][Cl]. The molecule has 2 fully saturated rings. The van der Waals surface area contributed by atoms with Crippen LogP contribution in [-0.2, 0) is 56.9 Å². The number of phosphoric ester groups is 1. The Morgan fingerprint density at radius 3 is 1.68 bits per heavy atom. The van der Waals surface area contributed by atoms with Crippen molar-refractivity contribution in [2.75, 3.05) is 37.9 Å². The van der Waals surface area contributed by atoms with E-state index in [1.807, 2.05) is 0 Å². The van der Waals surface area contributed by atoms with Crippen molar-refractivity contribution in [2.24, 2.45) is 0 Å². The maximum atomic E-state index is 12.1. The standard InChI is InChI=1S/C13H16N7O5P.C12H16N5O8P.C2H4O3.2ClH.Zn/c14-12-11-13(17-5-16-12)20(7-18-11)10-3-8(21)9(25-10)4-24-26(22,23)19-2-1-15-6-19;13-11-10-12(15-4-14-11)17(5-16-10)8-1-6(18)7(25-8)2-23-26(21,22)24-3-9(19)20;3-1-2(4)5;;;/h1-2,5-10,21H,3-4H2,(H,22,23)(H2,14,16,17);4-8,18H,1-3H2,(H,19,20)(H,21,22)(H2,13,14,15);3H,1H2,(H,4,5);2*1H;/q;;;;;+2/p-2/t8-,9+,10+;6-,7+,8+;;;;/m00..../s1. The molecule has 326 valence electrons. The fraction of sp³-hybridized carbons (Fsp3) is 0.444. The third kappa shape index (κ3) is 13.3. The maximum absolute atomic E-state index is 12.1. The molecule has 33 heteroatoms. The molecule has 0 saturated carbocycles. The summed E-state index contributed by atoms with van der Waals surface area (Å²) in [4.78, 5) is 66.7. The van der Waals surface area contributed by atoms with Crippen LogP contribution >= 0.6 is 35.0 Å². The van der Waals surface area contributed by atoms with Crippen molar-refractivity contribution in [3.05, 3.63) is 44.0 Å². The van der Waals surface area contributed by atoms with Gasteiger partial charge in [-0.3, -0.25) is 22.7 Å². The number of rotatable bonds is 13. The summed E-state index contributed by atoms with van der Waals surface area (Å²) >= 11 is -0.931. The molecule has 0 spiro atoms. The Bertz CT molecular complexity index is 2280. The van der Waals surface area contributed by atoms with Crippen LogP contribution in [0.3, 0.4) is 0 Å². The summed E-state index contributed by atoms with van der Waals surface area (Å²) < 4.78 is 53.3. The molecular weight excluding hydrogens is 947 g/mol. The second-order valence-electron chi connectivity index (χ2n) is 11.8. The number of aliphatic hydroxyl groups excluding tert-OH is 3. The molecule has 2 saturated heterocycles. The molecule has 0 bridgehead atoms. The van der Waals surface area contributed by atoms with Crippen LogP contribution in [0.4, 0.5) is 11.6 Å². The second kappa shape index (κ2) is 22.3. The number of aliphatic carboxylic acids is 2. The zero-order valence-electron chi connectivity index (χ0n) is 30.5. The van der Waals surface area contributed by atoms with Gasteiger partial charge in [0.25, 0.3) is 0 Å². The number of nitrogens with zero attached hydrogens (tertiary/aromatic N) is 10. The number of halogens is 2. The predicted molar refractivity (Wildman–Crippen MR) is 198 cm³/mol. The molecule has 2 aliphatic rings. The average Bonchev–Trinajstić information content (AvgIpc) is 4.05. The number of phosphoric acid groups is 1. The Kier molecular flexibility index (Phi) is 18.1.